The quantitative estimate of drug-likeness (QED) is 0.693. The van der Waals surface area contributed by atoms with Crippen LogP contribution in [0.3, 0.4) is 0 Å². The lowest BCUT2D eigenvalue weighted by Crippen LogP contribution is -2.24. The minimum Gasteiger partial charge on any atom is -0.354 e. The second-order valence-corrected chi connectivity index (χ2v) is 5.53. The number of nitrogens with zero attached hydrogens (tertiary/aromatic N) is 2. The maximum Gasteiger partial charge on any atom is 0.254 e. The van der Waals surface area contributed by atoms with Crippen LogP contribution in [0.15, 0.2) is 36.7 Å². The van der Waals surface area contributed by atoms with Crippen LogP contribution in [-0.2, 0) is 6.42 Å². The predicted octanol–water partition coefficient (Wildman–Crippen LogP) is 3.19. The smallest absolute Gasteiger partial charge is 0.254 e. The first-order chi connectivity index (χ1) is 11.7. The first-order valence-corrected chi connectivity index (χ1v) is 8.28. The zero-order valence-electron chi connectivity index (χ0n) is 13.9. The van der Waals surface area contributed by atoms with Gasteiger partial charge in [0.25, 0.3) is 5.91 Å². The van der Waals surface area contributed by atoms with E-state index >= 15 is 0 Å². The van der Waals surface area contributed by atoms with Crippen LogP contribution < -0.4 is 10.6 Å². The third kappa shape index (κ3) is 5.61. The number of rotatable bonds is 9. The zero-order valence-corrected chi connectivity index (χ0v) is 13.9. The molecule has 1 heterocycles. The number of anilines is 1. The fourth-order valence-electron chi connectivity index (χ4n) is 2.23. The highest BCUT2D eigenvalue weighted by Gasteiger charge is 2.06. The molecule has 6 heteroatoms. The molecule has 1 amide bonds. The Morgan fingerprint density at radius 2 is 1.88 bits per heavy atom. The molecule has 0 spiro atoms. The summed E-state index contributed by atoms with van der Waals surface area (Å²) >= 11 is 0. The minimum absolute atomic E-state index is 0.163. The molecule has 0 saturated heterocycles. The van der Waals surface area contributed by atoms with Gasteiger partial charge in [-0.1, -0.05) is 38.0 Å². The highest BCUT2D eigenvalue weighted by molar-refractivity contribution is 5.93. The first kappa shape index (κ1) is 17.8. The summed E-state index contributed by atoms with van der Waals surface area (Å²) in [6, 6.07) is 6.67. The molecule has 0 unspecified atom stereocenters. The van der Waals surface area contributed by atoms with Gasteiger partial charge in [0.2, 0.25) is 5.95 Å². The molecular formula is C18H23FN4O. The fraction of sp³-hybridized carbons (Fsp3) is 0.389. The molecular weight excluding hydrogens is 307 g/mol. The van der Waals surface area contributed by atoms with E-state index in [0.717, 1.165) is 19.3 Å². The minimum atomic E-state index is -0.213. The average Bonchev–Trinajstić information content (AvgIpc) is 2.61. The van der Waals surface area contributed by atoms with Gasteiger partial charge in [-0.05, 0) is 24.5 Å². The van der Waals surface area contributed by atoms with Gasteiger partial charge in [-0.15, -0.1) is 0 Å². The number of benzene rings is 1. The van der Waals surface area contributed by atoms with Crippen molar-refractivity contribution in [3.8, 4) is 0 Å². The largest absolute Gasteiger partial charge is 0.354 e. The van der Waals surface area contributed by atoms with E-state index < -0.39 is 0 Å². The molecule has 0 aliphatic carbocycles. The molecule has 1 aromatic carbocycles. The molecule has 0 fully saturated rings. The summed E-state index contributed by atoms with van der Waals surface area (Å²) in [4.78, 5) is 20.1. The predicted molar refractivity (Wildman–Crippen MR) is 92.5 cm³/mol. The Labute approximate surface area is 141 Å². The zero-order chi connectivity index (χ0) is 17.2. The molecule has 0 atom stereocenters. The maximum absolute atomic E-state index is 13.5. The Balaban J connectivity index is 1.77. The van der Waals surface area contributed by atoms with Gasteiger partial charge in [-0.3, -0.25) is 4.79 Å². The number of hydrogen-bond acceptors (Lipinski definition) is 4. The third-order valence-corrected chi connectivity index (χ3v) is 3.62. The van der Waals surface area contributed by atoms with E-state index in [1.807, 2.05) is 6.07 Å². The highest BCUT2D eigenvalue weighted by Crippen LogP contribution is 2.07. The Kier molecular flexibility index (Phi) is 7.14. The van der Waals surface area contributed by atoms with Gasteiger partial charge in [-0.25, -0.2) is 14.4 Å². The SMILES string of the molecule is CCCCCNC(=O)c1cnc(NCCc2ccccc2F)nc1. The molecule has 2 N–H and O–H groups in total. The highest BCUT2D eigenvalue weighted by atomic mass is 19.1. The Morgan fingerprint density at radius 3 is 2.58 bits per heavy atom. The van der Waals surface area contributed by atoms with Crippen LogP contribution in [0.2, 0.25) is 0 Å². The summed E-state index contributed by atoms with van der Waals surface area (Å²) in [5.74, 6) is 0.0493. The average molecular weight is 330 g/mol. The van der Waals surface area contributed by atoms with Crippen molar-refractivity contribution in [1.29, 1.82) is 0 Å². The van der Waals surface area contributed by atoms with E-state index in [1.165, 1.54) is 18.5 Å². The first-order valence-electron chi connectivity index (χ1n) is 8.28. The fourth-order valence-corrected chi connectivity index (χ4v) is 2.23. The number of hydrogen-bond donors (Lipinski definition) is 2. The van der Waals surface area contributed by atoms with Gasteiger partial charge in [-0.2, -0.15) is 0 Å². The van der Waals surface area contributed by atoms with Gasteiger partial charge in [0.05, 0.1) is 5.56 Å². The molecule has 5 nitrogen and oxygen atoms in total. The molecule has 128 valence electrons. The Morgan fingerprint density at radius 1 is 1.12 bits per heavy atom. The lowest BCUT2D eigenvalue weighted by atomic mass is 10.1. The number of carbonyl (C=O) groups is 1. The number of nitrogens with one attached hydrogen (secondary N) is 2. The van der Waals surface area contributed by atoms with Crippen LogP contribution in [0.25, 0.3) is 0 Å². The van der Waals surface area contributed by atoms with Crippen molar-refractivity contribution in [2.45, 2.75) is 32.6 Å². The van der Waals surface area contributed by atoms with Crippen LogP contribution in [-0.4, -0.2) is 29.0 Å². The summed E-state index contributed by atoms with van der Waals surface area (Å²) in [7, 11) is 0. The van der Waals surface area contributed by atoms with E-state index in [0.29, 0.717) is 36.6 Å². The van der Waals surface area contributed by atoms with Crippen molar-refractivity contribution >= 4 is 11.9 Å². The van der Waals surface area contributed by atoms with Crippen LogP contribution >= 0.6 is 0 Å². The summed E-state index contributed by atoms with van der Waals surface area (Å²) < 4.78 is 13.5. The van der Waals surface area contributed by atoms with Gasteiger partial charge >= 0.3 is 0 Å². The van der Waals surface area contributed by atoms with E-state index in [4.69, 9.17) is 0 Å². The van der Waals surface area contributed by atoms with Crippen molar-refractivity contribution < 1.29 is 9.18 Å². The summed E-state index contributed by atoms with van der Waals surface area (Å²) in [6.45, 7) is 3.30. The van der Waals surface area contributed by atoms with Crippen molar-refractivity contribution in [2.75, 3.05) is 18.4 Å². The van der Waals surface area contributed by atoms with Gasteiger partial charge in [0.1, 0.15) is 5.82 Å². The maximum atomic E-state index is 13.5. The second kappa shape index (κ2) is 9.60. The number of halogens is 1. The normalized spacial score (nSPS) is 10.4. The van der Waals surface area contributed by atoms with Crippen molar-refractivity contribution in [3.05, 3.63) is 53.6 Å². The van der Waals surface area contributed by atoms with Crippen molar-refractivity contribution in [2.24, 2.45) is 0 Å². The van der Waals surface area contributed by atoms with Crippen molar-refractivity contribution in [1.82, 2.24) is 15.3 Å². The molecule has 0 aliphatic heterocycles. The van der Waals surface area contributed by atoms with E-state index in [-0.39, 0.29) is 11.7 Å². The molecule has 1 aromatic heterocycles. The number of amides is 1. The van der Waals surface area contributed by atoms with E-state index in [2.05, 4.69) is 27.5 Å². The summed E-state index contributed by atoms with van der Waals surface area (Å²) in [5, 5.41) is 5.87. The molecule has 2 rings (SSSR count). The molecule has 0 radical (unpaired) electrons. The van der Waals surface area contributed by atoms with Crippen LogP contribution in [0.5, 0.6) is 0 Å². The van der Waals surface area contributed by atoms with Gasteiger partial charge < -0.3 is 10.6 Å². The lowest BCUT2D eigenvalue weighted by Gasteiger charge is -2.07. The third-order valence-electron chi connectivity index (χ3n) is 3.62. The van der Waals surface area contributed by atoms with Crippen LogP contribution in [0.4, 0.5) is 10.3 Å². The molecule has 0 saturated carbocycles. The van der Waals surface area contributed by atoms with Crippen LogP contribution in [0.1, 0.15) is 42.1 Å². The Hall–Kier alpha value is -2.50. The summed E-state index contributed by atoms with van der Waals surface area (Å²) in [6.07, 6.45) is 6.71. The lowest BCUT2D eigenvalue weighted by molar-refractivity contribution is 0.0952. The molecule has 0 aliphatic rings. The Bertz CT molecular complexity index is 646. The number of carbonyl (C=O) groups excluding carboxylic acids is 1. The van der Waals surface area contributed by atoms with Crippen LogP contribution in [0, 0.1) is 5.82 Å². The van der Waals surface area contributed by atoms with Gasteiger partial charge in [0.15, 0.2) is 0 Å². The second-order valence-electron chi connectivity index (χ2n) is 5.53. The van der Waals surface area contributed by atoms with Crippen molar-refractivity contribution in [3.63, 3.8) is 0 Å². The number of unbranched alkanes of at least 4 members (excludes halogenated alkanes) is 2. The van der Waals surface area contributed by atoms with Gasteiger partial charge in [0, 0.05) is 25.5 Å². The van der Waals surface area contributed by atoms with E-state index in [9.17, 15) is 9.18 Å². The van der Waals surface area contributed by atoms with E-state index in [1.54, 1.807) is 12.1 Å². The molecule has 24 heavy (non-hydrogen) atoms. The standard InChI is InChI=1S/C18H23FN4O/c1-2-3-6-10-20-17(24)15-12-22-18(23-13-15)21-11-9-14-7-4-5-8-16(14)19/h4-5,7-8,12-13H,2-3,6,9-11H2,1H3,(H,20,24)(H,21,22,23). The topological polar surface area (TPSA) is 66.9 Å². The monoisotopic (exact) mass is 330 g/mol. The number of aromatic nitrogens is 2. The molecule has 0 bridgehead atoms. The summed E-state index contributed by atoms with van der Waals surface area (Å²) in [5.41, 5.74) is 1.08. The molecule has 2 aromatic rings.